The molecule has 3 N–H and O–H groups in total. The van der Waals surface area contributed by atoms with Crippen LogP contribution in [-0.2, 0) is 4.79 Å². The van der Waals surface area contributed by atoms with Crippen LogP contribution in [0, 0.1) is 17.3 Å². The number of rotatable bonds is 12. The molecule has 4 nitrogen and oxygen atoms in total. The van der Waals surface area contributed by atoms with Crippen molar-refractivity contribution >= 4 is 17.6 Å². The van der Waals surface area contributed by atoms with E-state index in [2.05, 4.69) is 19.1 Å². The third-order valence-corrected chi connectivity index (χ3v) is 7.23. The molecule has 0 amide bonds. The summed E-state index contributed by atoms with van der Waals surface area (Å²) in [6.07, 6.45) is 16.8. The number of halogens is 1. The largest absolute Gasteiger partial charge is 0.481 e. The van der Waals surface area contributed by atoms with Crippen molar-refractivity contribution in [2.75, 3.05) is 0 Å². The average molecular weight is 413 g/mol. The SMILES string of the molecule is CCCC1(C(O)CC=C[C@@H]2[C@@H](CC=CCCCC(=O)O)[C@H](Cl)C[C@H]2O)CCC1. The molecule has 1 unspecified atom stereocenters. The third-order valence-electron chi connectivity index (χ3n) is 6.73. The molecule has 2 fully saturated rings. The molecule has 5 atom stereocenters. The van der Waals surface area contributed by atoms with Crippen molar-refractivity contribution in [3.63, 3.8) is 0 Å². The summed E-state index contributed by atoms with van der Waals surface area (Å²) in [6.45, 7) is 2.18. The molecule has 0 bridgehead atoms. The Balaban J connectivity index is 1.84. The third kappa shape index (κ3) is 6.33. The number of unbranched alkanes of at least 4 members (excludes halogenated alkanes) is 1. The molecule has 0 heterocycles. The summed E-state index contributed by atoms with van der Waals surface area (Å²) in [5.74, 6) is -0.570. The molecule has 0 saturated heterocycles. The monoisotopic (exact) mass is 412 g/mol. The van der Waals surface area contributed by atoms with E-state index in [1.54, 1.807) is 0 Å². The molecule has 0 aromatic rings. The van der Waals surface area contributed by atoms with Gasteiger partial charge in [-0.1, -0.05) is 44.1 Å². The zero-order valence-corrected chi connectivity index (χ0v) is 17.9. The van der Waals surface area contributed by atoms with Crippen LogP contribution in [0.15, 0.2) is 24.3 Å². The first-order valence-corrected chi connectivity index (χ1v) is 11.4. The quantitative estimate of drug-likeness (QED) is 0.237. The van der Waals surface area contributed by atoms with Crippen LogP contribution < -0.4 is 0 Å². The summed E-state index contributed by atoms with van der Waals surface area (Å²) < 4.78 is 0. The van der Waals surface area contributed by atoms with Gasteiger partial charge in [-0.25, -0.2) is 0 Å². The van der Waals surface area contributed by atoms with Crippen LogP contribution in [0.4, 0.5) is 0 Å². The number of hydrogen-bond acceptors (Lipinski definition) is 3. The number of allylic oxidation sites excluding steroid dienone is 2. The molecule has 2 aliphatic carbocycles. The number of aliphatic hydroxyl groups excluding tert-OH is 2. The number of aliphatic hydroxyl groups is 2. The Hall–Kier alpha value is -0.840. The first-order chi connectivity index (χ1) is 13.4. The van der Waals surface area contributed by atoms with Crippen LogP contribution in [0.25, 0.3) is 0 Å². The lowest BCUT2D eigenvalue weighted by atomic mass is 9.62. The Labute approximate surface area is 174 Å². The van der Waals surface area contributed by atoms with Crippen molar-refractivity contribution in [2.45, 2.75) is 95.1 Å². The normalized spacial score (nSPS) is 30.7. The van der Waals surface area contributed by atoms with Gasteiger partial charge in [-0.05, 0) is 62.7 Å². The summed E-state index contributed by atoms with van der Waals surface area (Å²) in [5, 5.41) is 29.7. The Morgan fingerprint density at radius 1 is 1.29 bits per heavy atom. The highest BCUT2D eigenvalue weighted by Crippen LogP contribution is 2.48. The lowest BCUT2D eigenvalue weighted by Gasteiger charge is -2.45. The lowest BCUT2D eigenvalue weighted by Crippen LogP contribution is -2.41. The van der Waals surface area contributed by atoms with E-state index in [0.717, 1.165) is 38.5 Å². The van der Waals surface area contributed by atoms with E-state index >= 15 is 0 Å². The second-order valence-corrected chi connectivity index (χ2v) is 9.26. The highest BCUT2D eigenvalue weighted by Gasteiger charge is 2.42. The lowest BCUT2D eigenvalue weighted by molar-refractivity contribution is -0.137. The minimum Gasteiger partial charge on any atom is -0.481 e. The second-order valence-electron chi connectivity index (χ2n) is 8.70. The summed E-state index contributed by atoms with van der Waals surface area (Å²) in [5.41, 5.74) is 0.112. The van der Waals surface area contributed by atoms with E-state index in [9.17, 15) is 15.0 Å². The minimum atomic E-state index is -0.761. The standard InChI is InChI=1S/C23H37ClO4/c1-2-13-23(14-8-15-23)21(26)11-7-10-18-17(19(24)16-20(18)25)9-5-3-4-6-12-22(27)28/h3,5,7,10,17-21,25-26H,2,4,6,8-9,11-16H2,1H3,(H,27,28)/t17-,18-,19-,20-,21?/m1/s1. The highest BCUT2D eigenvalue weighted by atomic mass is 35.5. The van der Waals surface area contributed by atoms with E-state index in [1.165, 1.54) is 6.42 Å². The van der Waals surface area contributed by atoms with Crippen molar-refractivity contribution in [1.29, 1.82) is 0 Å². The van der Waals surface area contributed by atoms with E-state index in [1.807, 2.05) is 12.2 Å². The van der Waals surface area contributed by atoms with Gasteiger partial charge in [0.1, 0.15) is 0 Å². The molecule has 2 saturated carbocycles. The Kier molecular flexibility index (Phi) is 9.52. The van der Waals surface area contributed by atoms with Crippen molar-refractivity contribution in [3.8, 4) is 0 Å². The molecular weight excluding hydrogens is 376 g/mol. The van der Waals surface area contributed by atoms with Gasteiger partial charge < -0.3 is 15.3 Å². The van der Waals surface area contributed by atoms with E-state index in [-0.39, 0.29) is 35.2 Å². The van der Waals surface area contributed by atoms with E-state index in [4.69, 9.17) is 16.7 Å². The van der Waals surface area contributed by atoms with Gasteiger partial charge in [0, 0.05) is 17.7 Å². The smallest absolute Gasteiger partial charge is 0.303 e. The molecule has 2 aliphatic rings. The van der Waals surface area contributed by atoms with E-state index in [0.29, 0.717) is 19.3 Å². The second kappa shape index (κ2) is 11.4. The van der Waals surface area contributed by atoms with Crippen LogP contribution >= 0.6 is 11.6 Å². The predicted octanol–water partition coefficient (Wildman–Crippen LogP) is 5.07. The van der Waals surface area contributed by atoms with E-state index < -0.39 is 12.1 Å². The van der Waals surface area contributed by atoms with Gasteiger partial charge in [0.25, 0.3) is 0 Å². The molecule has 0 aliphatic heterocycles. The van der Waals surface area contributed by atoms with Crippen molar-refractivity contribution in [2.24, 2.45) is 17.3 Å². The van der Waals surface area contributed by atoms with Gasteiger partial charge in [-0.2, -0.15) is 0 Å². The molecule has 0 spiro atoms. The van der Waals surface area contributed by atoms with Gasteiger partial charge in [0.15, 0.2) is 0 Å². The minimum absolute atomic E-state index is 0.0156. The average Bonchev–Trinajstić information content (AvgIpc) is 2.87. The van der Waals surface area contributed by atoms with Gasteiger partial charge in [0.05, 0.1) is 12.2 Å². The number of carboxylic acid groups (broad SMARTS) is 1. The van der Waals surface area contributed by atoms with Gasteiger partial charge >= 0.3 is 5.97 Å². The van der Waals surface area contributed by atoms with Crippen molar-refractivity contribution < 1.29 is 20.1 Å². The zero-order chi connectivity index (χ0) is 20.6. The summed E-state index contributed by atoms with van der Waals surface area (Å²) >= 11 is 6.48. The number of carboxylic acids is 1. The van der Waals surface area contributed by atoms with Crippen LogP contribution in [0.2, 0.25) is 0 Å². The Morgan fingerprint density at radius 2 is 2.04 bits per heavy atom. The molecule has 5 heteroatoms. The zero-order valence-electron chi connectivity index (χ0n) is 17.1. The maximum atomic E-state index is 10.7. The summed E-state index contributed by atoms with van der Waals surface area (Å²) in [6, 6.07) is 0. The fourth-order valence-corrected chi connectivity index (χ4v) is 5.35. The Morgan fingerprint density at radius 3 is 2.64 bits per heavy atom. The summed E-state index contributed by atoms with van der Waals surface area (Å²) in [4.78, 5) is 10.5. The van der Waals surface area contributed by atoms with Gasteiger partial charge in [-0.3, -0.25) is 4.79 Å². The van der Waals surface area contributed by atoms with Gasteiger partial charge in [-0.15, -0.1) is 11.6 Å². The number of aliphatic carboxylic acids is 1. The number of carbonyl (C=O) groups is 1. The first-order valence-electron chi connectivity index (χ1n) is 10.9. The predicted molar refractivity (Wildman–Crippen MR) is 113 cm³/mol. The molecular formula is C23H37ClO4. The fourth-order valence-electron chi connectivity index (χ4n) is 4.90. The fraction of sp³-hybridized carbons (Fsp3) is 0.783. The van der Waals surface area contributed by atoms with Crippen molar-refractivity contribution in [3.05, 3.63) is 24.3 Å². The number of hydrogen-bond donors (Lipinski definition) is 3. The highest BCUT2D eigenvalue weighted by molar-refractivity contribution is 6.21. The molecule has 0 radical (unpaired) electrons. The first kappa shape index (κ1) is 23.4. The molecule has 0 aromatic carbocycles. The molecule has 28 heavy (non-hydrogen) atoms. The topological polar surface area (TPSA) is 77.8 Å². The maximum Gasteiger partial charge on any atom is 0.303 e. The van der Waals surface area contributed by atoms with Gasteiger partial charge in [0.2, 0.25) is 0 Å². The van der Waals surface area contributed by atoms with Crippen LogP contribution in [0.3, 0.4) is 0 Å². The maximum absolute atomic E-state index is 10.7. The van der Waals surface area contributed by atoms with Crippen LogP contribution in [0.1, 0.15) is 77.6 Å². The van der Waals surface area contributed by atoms with Crippen LogP contribution in [0.5, 0.6) is 0 Å². The van der Waals surface area contributed by atoms with Crippen molar-refractivity contribution in [1.82, 2.24) is 0 Å². The number of alkyl halides is 1. The van der Waals surface area contributed by atoms with Crippen LogP contribution in [-0.4, -0.2) is 38.9 Å². The Bertz CT molecular complexity index is 541. The molecule has 160 valence electrons. The summed E-state index contributed by atoms with van der Waals surface area (Å²) in [7, 11) is 0. The molecule has 2 rings (SSSR count). The molecule has 0 aromatic heterocycles.